The summed E-state index contributed by atoms with van der Waals surface area (Å²) in [4.78, 5) is 36.1. The zero-order valence-electron chi connectivity index (χ0n) is 22.4. The average molecular weight is 513 g/mol. The van der Waals surface area contributed by atoms with Crippen LogP contribution in [0.4, 0.5) is 10.6 Å². The highest BCUT2D eigenvalue weighted by Gasteiger charge is 2.31. The van der Waals surface area contributed by atoms with Crippen molar-refractivity contribution in [3.05, 3.63) is 47.2 Å². The molecule has 0 bridgehead atoms. The summed E-state index contributed by atoms with van der Waals surface area (Å²) in [5, 5.41) is 8.52. The van der Waals surface area contributed by atoms with Crippen LogP contribution < -0.4 is 5.32 Å². The van der Waals surface area contributed by atoms with Crippen LogP contribution in [-0.2, 0) is 19.0 Å². The lowest BCUT2D eigenvalue weighted by molar-refractivity contribution is -0.138. The van der Waals surface area contributed by atoms with Crippen molar-refractivity contribution in [2.24, 2.45) is 10.1 Å². The van der Waals surface area contributed by atoms with E-state index in [1.54, 1.807) is 47.7 Å². The molecule has 0 aromatic carbocycles. The van der Waals surface area contributed by atoms with Crippen molar-refractivity contribution >= 4 is 30.4 Å². The predicted molar refractivity (Wildman–Crippen MR) is 141 cm³/mol. The van der Waals surface area contributed by atoms with E-state index >= 15 is 0 Å². The van der Waals surface area contributed by atoms with E-state index in [4.69, 9.17) is 19.2 Å². The van der Waals surface area contributed by atoms with Gasteiger partial charge in [-0.25, -0.2) is 19.6 Å². The first kappa shape index (κ1) is 27.9. The number of amidine groups is 1. The zero-order chi connectivity index (χ0) is 27.2. The third kappa shape index (κ3) is 7.16. The molecular weight excluding hydrogens is 476 g/mol. The summed E-state index contributed by atoms with van der Waals surface area (Å²) in [5.41, 5.74) is 0.399. The molecule has 0 radical (unpaired) electrons. The Bertz CT molecular complexity index is 1110. The number of hydrogen-bond donors (Lipinski definition) is 1. The molecule has 2 aliphatic heterocycles. The Morgan fingerprint density at radius 1 is 1.35 bits per heavy atom. The smallest absolute Gasteiger partial charge is 0.415 e. The van der Waals surface area contributed by atoms with Crippen molar-refractivity contribution in [1.29, 1.82) is 0 Å². The van der Waals surface area contributed by atoms with Gasteiger partial charge in [-0.05, 0) is 59.6 Å². The van der Waals surface area contributed by atoms with Crippen LogP contribution in [0, 0.1) is 0 Å². The van der Waals surface area contributed by atoms with Crippen LogP contribution >= 0.6 is 0 Å². The summed E-state index contributed by atoms with van der Waals surface area (Å²) in [7, 11) is 1.54. The quantitative estimate of drug-likeness (QED) is 0.342. The third-order valence-corrected chi connectivity index (χ3v) is 5.58. The van der Waals surface area contributed by atoms with Crippen molar-refractivity contribution in [2.45, 2.75) is 59.0 Å². The van der Waals surface area contributed by atoms with E-state index < -0.39 is 17.7 Å². The van der Waals surface area contributed by atoms with Crippen LogP contribution in [0.2, 0.25) is 0 Å². The number of hydrogen-bond acceptors (Lipinski definition) is 10. The van der Waals surface area contributed by atoms with E-state index in [1.165, 1.54) is 9.91 Å². The first-order chi connectivity index (χ1) is 17.5. The lowest BCUT2D eigenvalue weighted by Gasteiger charge is -2.33. The van der Waals surface area contributed by atoms with Gasteiger partial charge in [0, 0.05) is 38.1 Å². The van der Waals surface area contributed by atoms with E-state index in [0.717, 1.165) is 25.1 Å². The molecule has 2 aliphatic rings. The van der Waals surface area contributed by atoms with Crippen LogP contribution in [0.1, 0.15) is 59.1 Å². The van der Waals surface area contributed by atoms with Crippen molar-refractivity contribution in [1.82, 2.24) is 14.9 Å². The largest absolute Gasteiger partial charge is 0.463 e. The Morgan fingerprint density at radius 2 is 2.11 bits per heavy atom. The second-order valence-corrected chi connectivity index (χ2v) is 9.65. The molecule has 1 aromatic rings. The molecule has 3 rings (SSSR count). The van der Waals surface area contributed by atoms with Crippen LogP contribution in [-0.4, -0.2) is 72.0 Å². The molecule has 1 N–H and O–H groups in total. The number of carbonyl (C=O) groups is 2. The first-order valence-corrected chi connectivity index (χ1v) is 12.3. The van der Waals surface area contributed by atoms with Gasteiger partial charge in [0.1, 0.15) is 23.1 Å². The van der Waals surface area contributed by atoms with Crippen LogP contribution in [0.25, 0.3) is 0 Å². The minimum absolute atomic E-state index is 0.153. The zero-order valence-corrected chi connectivity index (χ0v) is 22.4. The fourth-order valence-corrected chi connectivity index (χ4v) is 3.78. The Labute approximate surface area is 217 Å². The number of aliphatic imine (C=N–C) groups is 1. The molecule has 1 aromatic heterocycles. The standard InChI is InChI=1S/C26H36N6O5/c1-8-36-24(33)17(2)23-30-21(15-22(32(23)27-6)31(7)25(34)37-26(3,4)5)29-20-13-9-12-19(28-20)18-11-10-14-35-16-18/h9,12-13,15,18H,6,8,10-11,14,16H2,1-5,7H3,(H,28,29,30)/b23-17+/t18-/m0/s1. The third-order valence-electron chi connectivity index (χ3n) is 5.58. The molecule has 0 spiro atoms. The van der Waals surface area contributed by atoms with Crippen molar-refractivity contribution in [3.8, 4) is 0 Å². The van der Waals surface area contributed by atoms with Crippen molar-refractivity contribution in [3.63, 3.8) is 0 Å². The maximum Gasteiger partial charge on any atom is 0.415 e. The molecule has 1 amide bonds. The van der Waals surface area contributed by atoms with E-state index in [2.05, 4.69) is 22.1 Å². The van der Waals surface area contributed by atoms with Crippen LogP contribution in [0.15, 0.2) is 51.6 Å². The van der Waals surface area contributed by atoms with Gasteiger partial charge >= 0.3 is 12.1 Å². The number of nitrogens with one attached hydrogen (secondary N) is 1. The summed E-state index contributed by atoms with van der Waals surface area (Å²) in [5.74, 6) is 0.986. The molecule has 0 unspecified atom stereocenters. The molecular formula is C26H36N6O5. The van der Waals surface area contributed by atoms with Gasteiger partial charge in [0.2, 0.25) is 0 Å². The minimum Gasteiger partial charge on any atom is -0.463 e. The number of rotatable bonds is 6. The normalized spacial score (nSPS) is 19.3. The molecule has 11 heteroatoms. The minimum atomic E-state index is -0.713. The number of carbonyl (C=O) groups excluding carboxylic acids is 2. The second kappa shape index (κ2) is 12.0. The van der Waals surface area contributed by atoms with E-state index in [9.17, 15) is 9.59 Å². The van der Waals surface area contributed by atoms with E-state index in [0.29, 0.717) is 18.3 Å². The molecule has 0 aliphatic carbocycles. The molecule has 1 atom stereocenters. The van der Waals surface area contributed by atoms with Gasteiger partial charge in [0.25, 0.3) is 0 Å². The molecule has 11 nitrogen and oxygen atoms in total. The van der Waals surface area contributed by atoms with Crippen molar-refractivity contribution < 1.29 is 23.8 Å². The number of esters is 1. The Kier molecular flexibility index (Phi) is 9.04. The van der Waals surface area contributed by atoms with Crippen LogP contribution in [0.3, 0.4) is 0 Å². The maximum absolute atomic E-state index is 12.9. The molecule has 3 heterocycles. The lowest BCUT2D eigenvalue weighted by atomic mass is 9.98. The van der Waals surface area contributed by atoms with Crippen molar-refractivity contribution in [2.75, 3.05) is 32.2 Å². The lowest BCUT2D eigenvalue weighted by Crippen LogP contribution is -2.40. The number of ether oxygens (including phenoxy) is 3. The van der Waals surface area contributed by atoms with Gasteiger partial charge in [-0.2, -0.15) is 10.1 Å². The van der Waals surface area contributed by atoms with Gasteiger partial charge in [-0.15, -0.1) is 0 Å². The van der Waals surface area contributed by atoms with Gasteiger partial charge in [-0.3, -0.25) is 4.90 Å². The number of hydrazone groups is 1. The molecule has 200 valence electrons. The number of amides is 1. The maximum atomic E-state index is 12.9. The molecule has 37 heavy (non-hydrogen) atoms. The van der Waals surface area contributed by atoms with Gasteiger partial charge in [0.05, 0.1) is 18.8 Å². The predicted octanol–water partition coefficient (Wildman–Crippen LogP) is 4.22. The molecule has 1 saturated heterocycles. The second-order valence-electron chi connectivity index (χ2n) is 9.65. The average Bonchev–Trinajstić information content (AvgIpc) is 2.87. The summed E-state index contributed by atoms with van der Waals surface area (Å²) >= 11 is 0. The van der Waals surface area contributed by atoms with Gasteiger partial charge in [0.15, 0.2) is 5.82 Å². The summed E-state index contributed by atoms with van der Waals surface area (Å²) < 4.78 is 16.3. The first-order valence-electron chi connectivity index (χ1n) is 12.3. The topological polar surface area (TPSA) is 118 Å². The number of aromatic nitrogens is 1. The van der Waals surface area contributed by atoms with Crippen LogP contribution in [0.5, 0.6) is 0 Å². The molecule has 0 saturated carbocycles. The fraction of sp³-hybridized carbons (Fsp3) is 0.500. The Morgan fingerprint density at radius 3 is 2.73 bits per heavy atom. The highest BCUT2D eigenvalue weighted by molar-refractivity contribution is 6.05. The SMILES string of the molecule is C=NN1C(N(C)C(=O)OC(C)(C)C)=CC(Nc2cccc([C@H]3CCCOC3)n2)=N/C1=C(/C)C(=O)OCC. The highest BCUT2D eigenvalue weighted by Crippen LogP contribution is 2.28. The highest BCUT2D eigenvalue weighted by atomic mass is 16.6. The summed E-state index contributed by atoms with van der Waals surface area (Å²) in [6.45, 7) is 13.8. The Hall–Kier alpha value is -3.73. The number of nitrogens with zero attached hydrogens (tertiary/aromatic N) is 5. The number of pyridine rings is 1. The summed E-state index contributed by atoms with van der Waals surface area (Å²) in [6, 6.07) is 5.71. The fourth-order valence-electron chi connectivity index (χ4n) is 3.78. The van der Waals surface area contributed by atoms with E-state index in [-0.39, 0.29) is 29.7 Å². The van der Waals surface area contributed by atoms with Gasteiger partial charge < -0.3 is 19.5 Å². The van der Waals surface area contributed by atoms with E-state index in [1.807, 2.05) is 18.2 Å². The molecule has 1 fully saturated rings. The van der Waals surface area contributed by atoms with Gasteiger partial charge in [-0.1, -0.05) is 6.07 Å². The number of anilines is 1. The monoisotopic (exact) mass is 512 g/mol. The summed E-state index contributed by atoms with van der Waals surface area (Å²) in [6.07, 6.45) is 3.00. The Balaban J connectivity index is 2.01.